The molecule has 0 aliphatic heterocycles. The van der Waals surface area contributed by atoms with E-state index in [0.29, 0.717) is 18.0 Å². The normalized spacial score (nSPS) is 12.0. The number of aliphatic hydroxyl groups excluding tert-OH is 1. The minimum atomic E-state index is -0.555. The number of benzene rings is 1. The van der Waals surface area contributed by atoms with Gasteiger partial charge in [-0.2, -0.15) is 0 Å². The second-order valence-corrected chi connectivity index (χ2v) is 4.08. The summed E-state index contributed by atoms with van der Waals surface area (Å²) >= 11 is 5.67. The summed E-state index contributed by atoms with van der Waals surface area (Å²) in [4.78, 5) is 11.3. The van der Waals surface area contributed by atoms with Crippen LogP contribution in [0.5, 0.6) is 0 Å². The van der Waals surface area contributed by atoms with E-state index in [1.165, 1.54) is 18.2 Å². The molecule has 4 nitrogen and oxygen atoms in total. The molecule has 0 saturated carbocycles. The van der Waals surface area contributed by atoms with Gasteiger partial charge in [-0.3, -0.25) is 0 Å². The molecule has 1 aromatic rings. The Hall–Kier alpha value is -1.33. The minimum absolute atomic E-state index is 0.0204. The molecule has 1 aromatic carbocycles. The first-order valence-corrected chi connectivity index (χ1v) is 5.55. The maximum Gasteiger partial charge on any atom is 0.319 e. The number of amides is 2. The molecule has 0 bridgehead atoms. The molecule has 0 fully saturated rings. The zero-order chi connectivity index (χ0) is 12.8. The van der Waals surface area contributed by atoms with Crippen molar-refractivity contribution in [3.8, 4) is 0 Å². The van der Waals surface area contributed by atoms with Crippen LogP contribution in [0.15, 0.2) is 18.2 Å². The standard InChI is InChI=1S/C11H14ClFN2O2/c1-7(16)4-5-14-11(17)15-10-6-8(12)2-3-9(10)13/h2-3,6-7,16H,4-5H2,1H3,(H2,14,15,17). The number of nitrogens with one attached hydrogen (secondary N) is 2. The molecule has 0 spiro atoms. The fourth-order valence-electron chi connectivity index (χ4n) is 1.15. The number of carbonyl (C=O) groups is 1. The highest BCUT2D eigenvalue weighted by Gasteiger charge is 2.07. The van der Waals surface area contributed by atoms with Crippen molar-refractivity contribution in [2.75, 3.05) is 11.9 Å². The van der Waals surface area contributed by atoms with Gasteiger partial charge in [-0.25, -0.2) is 9.18 Å². The number of carbonyl (C=O) groups excluding carboxylic acids is 1. The molecule has 17 heavy (non-hydrogen) atoms. The quantitative estimate of drug-likeness (QED) is 0.778. The molecule has 6 heteroatoms. The second kappa shape index (κ2) is 6.42. The minimum Gasteiger partial charge on any atom is -0.393 e. The SMILES string of the molecule is CC(O)CCNC(=O)Nc1cc(Cl)ccc1F. The third-order valence-corrected chi connectivity index (χ3v) is 2.26. The molecule has 94 valence electrons. The van der Waals surface area contributed by atoms with Gasteiger partial charge in [0.05, 0.1) is 11.8 Å². The van der Waals surface area contributed by atoms with Crippen molar-refractivity contribution in [1.29, 1.82) is 0 Å². The highest BCUT2D eigenvalue weighted by molar-refractivity contribution is 6.30. The van der Waals surface area contributed by atoms with E-state index in [9.17, 15) is 9.18 Å². The summed E-state index contributed by atoms with van der Waals surface area (Å²) in [6, 6.07) is 3.36. The molecule has 0 saturated heterocycles. The first kappa shape index (κ1) is 13.7. The van der Waals surface area contributed by atoms with Gasteiger partial charge < -0.3 is 15.7 Å². The molecule has 0 radical (unpaired) electrons. The zero-order valence-electron chi connectivity index (χ0n) is 9.34. The summed E-state index contributed by atoms with van der Waals surface area (Å²) in [6.07, 6.45) is -0.0518. The molecule has 1 rings (SSSR count). The van der Waals surface area contributed by atoms with Crippen LogP contribution in [-0.2, 0) is 0 Å². The van der Waals surface area contributed by atoms with Gasteiger partial charge in [0.1, 0.15) is 5.82 Å². The smallest absolute Gasteiger partial charge is 0.319 e. The molecule has 0 aliphatic carbocycles. The van der Waals surface area contributed by atoms with Gasteiger partial charge in [0.25, 0.3) is 0 Å². The Balaban J connectivity index is 2.47. The van der Waals surface area contributed by atoms with E-state index in [-0.39, 0.29) is 5.69 Å². The molecule has 0 aromatic heterocycles. The van der Waals surface area contributed by atoms with Gasteiger partial charge in [-0.1, -0.05) is 11.6 Å². The van der Waals surface area contributed by atoms with Gasteiger partial charge >= 0.3 is 6.03 Å². The van der Waals surface area contributed by atoms with Crippen LogP contribution in [0.25, 0.3) is 0 Å². The molecule has 1 unspecified atom stereocenters. The number of hydrogen-bond acceptors (Lipinski definition) is 2. The van der Waals surface area contributed by atoms with Crippen molar-refractivity contribution in [2.45, 2.75) is 19.4 Å². The summed E-state index contributed by atoms with van der Waals surface area (Å²) in [7, 11) is 0. The largest absolute Gasteiger partial charge is 0.393 e. The van der Waals surface area contributed by atoms with Crippen molar-refractivity contribution < 1.29 is 14.3 Å². The maximum absolute atomic E-state index is 13.2. The summed E-state index contributed by atoms with van der Waals surface area (Å²) in [6.45, 7) is 1.93. The Morgan fingerprint density at radius 3 is 2.94 bits per heavy atom. The molecule has 3 N–H and O–H groups in total. The fraction of sp³-hybridized carbons (Fsp3) is 0.364. The number of anilines is 1. The molecular weight excluding hydrogens is 247 g/mol. The summed E-state index contributed by atoms with van der Waals surface area (Å²) in [5.41, 5.74) is 0.0204. The van der Waals surface area contributed by atoms with Crippen LogP contribution in [-0.4, -0.2) is 23.8 Å². The van der Waals surface area contributed by atoms with E-state index in [4.69, 9.17) is 16.7 Å². The predicted octanol–water partition coefficient (Wildman–Crippen LogP) is 2.37. The maximum atomic E-state index is 13.2. The van der Waals surface area contributed by atoms with Crippen LogP contribution < -0.4 is 10.6 Å². The van der Waals surface area contributed by atoms with Crippen molar-refractivity contribution in [3.63, 3.8) is 0 Å². The van der Waals surface area contributed by atoms with Crippen LogP contribution >= 0.6 is 11.6 Å². The Labute approximate surface area is 104 Å². The van der Waals surface area contributed by atoms with Crippen LogP contribution in [0, 0.1) is 5.82 Å². The Morgan fingerprint density at radius 1 is 1.59 bits per heavy atom. The Bertz CT molecular complexity index is 399. The van der Waals surface area contributed by atoms with Gasteiger partial charge in [-0.15, -0.1) is 0 Å². The lowest BCUT2D eigenvalue weighted by atomic mass is 10.3. The van der Waals surface area contributed by atoms with Gasteiger partial charge in [0, 0.05) is 11.6 Å². The highest BCUT2D eigenvalue weighted by atomic mass is 35.5. The summed E-state index contributed by atoms with van der Waals surface area (Å²) in [5, 5.41) is 14.1. The van der Waals surface area contributed by atoms with Crippen LogP contribution in [0.3, 0.4) is 0 Å². The van der Waals surface area contributed by atoms with Crippen molar-refractivity contribution in [1.82, 2.24) is 5.32 Å². The molecule has 0 aliphatic rings. The summed E-state index contributed by atoms with van der Waals surface area (Å²) in [5.74, 6) is -0.555. The molecule has 2 amide bonds. The van der Waals surface area contributed by atoms with Crippen molar-refractivity contribution in [3.05, 3.63) is 29.0 Å². The van der Waals surface area contributed by atoms with E-state index in [1.807, 2.05) is 0 Å². The van der Waals surface area contributed by atoms with Gasteiger partial charge in [-0.05, 0) is 31.5 Å². The number of halogens is 2. The lowest BCUT2D eigenvalue weighted by molar-refractivity contribution is 0.184. The van der Waals surface area contributed by atoms with E-state index < -0.39 is 18.0 Å². The number of aliphatic hydroxyl groups is 1. The first-order valence-electron chi connectivity index (χ1n) is 5.17. The van der Waals surface area contributed by atoms with Gasteiger partial charge in [0.2, 0.25) is 0 Å². The average molecular weight is 261 g/mol. The van der Waals surface area contributed by atoms with E-state index in [2.05, 4.69) is 10.6 Å². The number of hydrogen-bond donors (Lipinski definition) is 3. The number of rotatable bonds is 4. The average Bonchev–Trinajstić information content (AvgIpc) is 2.23. The van der Waals surface area contributed by atoms with E-state index >= 15 is 0 Å². The lowest BCUT2D eigenvalue weighted by Crippen LogP contribution is -2.31. The van der Waals surface area contributed by atoms with Crippen molar-refractivity contribution in [2.24, 2.45) is 0 Å². The topological polar surface area (TPSA) is 61.4 Å². The number of urea groups is 1. The first-order chi connectivity index (χ1) is 7.99. The second-order valence-electron chi connectivity index (χ2n) is 3.64. The third-order valence-electron chi connectivity index (χ3n) is 2.02. The third kappa shape index (κ3) is 5.01. The lowest BCUT2D eigenvalue weighted by Gasteiger charge is -2.09. The summed E-state index contributed by atoms with van der Waals surface area (Å²) < 4.78 is 13.2. The van der Waals surface area contributed by atoms with Crippen molar-refractivity contribution >= 4 is 23.3 Å². The van der Waals surface area contributed by atoms with Gasteiger partial charge in [0.15, 0.2) is 0 Å². The van der Waals surface area contributed by atoms with E-state index in [1.54, 1.807) is 6.92 Å². The monoisotopic (exact) mass is 260 g/mol. The predicted molar refractivity (Wildman–Crippen MR) is 64.7 cm³/mol. The highest BCUT2D eigenvalue weighted by Crippen LogP contribution is 2.19. The molecule has 0 heterocycles. The van der Waals surface area contributed by atoms with Crippen LogP contribution in [0.1, 0.15) is 13.3 Å². The molecule has 1 atom stereocenters. The molecular formula is C11H14ClFN2O2. The van der Waals surface area contributed by atoms with E-state index in [0.717, 1.165) is 0 Å². The van der Waals surface area contributed by atoms with Crippen LogP contribution in [0.2, 0.25) is 5.02 Å². The zero-order valence-corrected chi connectivity index (χ0v) is 10.1. The van der Waals surface area contributed by atoms with Crippen LogP contribution in [0.4, 0.5) is 14.9 Å². The Morgan fingerprint density at radius 2 is 2.29 bits per heavy atom. The Kier molecular flexibility index (Phi) is 5.18. The fourth-order valence-corrected chi connectivity index (χ4v) is 1.33.